The van der Waals surface area contributed by atoms with E-state index in [0.29, 0.717) is 18.8 Å². The lowest BCUT2D eigenvalue weighted by atomic mass is 10.1. The molecule has 34 heavy (non-hydrogen) atoms. The predicted octanol–water partition coefficient (Wildman–Crippen LogP) is 4.33. The van der Waals surface area contributed by atoms with Crippen LogP contribution >= 0.6 is 11.6 Å². The molecule has 0 bridgehead atoms. The number of anilines is 2. The quantitative estimate of drug-likeness (QED) is 0.463. The second-order valence-electron chi connectivity index (χ2n) is 6.41. The SMILES string of the molecule is CCN(CC)c1ccc(NS(=O)(=O)c2cc(Cl)ccc2OC)cc1C(=O)O.O=C(O)C(F)(F)F. The number of sulfonamides is 1. The Balaban J connectivity index is 0.000000718. The van der Waals surface area contributed by atoms with Gasteiger partial charge in [-0.05, 0) is 50.2 Å². The number of hydrogen-bond acceptors (Lipinski definition) is 6. The Morgan fingerprint density at radius 1 is 1.09 bits per heavy atom. The summed E-state index contributed by atoms with van der Waals surface area (Å²) in [5, 5.41) is 16.9. The smallest absolute Gasteiger partial charge is 0.490 e. The molecule has 0 aliphatic heterocycles. The van der Waals surface area contributed by atoms with Gasteiger partial charge < -0.3 is 19.8 Å². The average molecular weight is 527 g/mol. The van der Waals surface area contributed by atoms with Crippen molar-refractivity contribution in [2.75, 3.05) is 29.8 Å². The van der Waals surface area contributed by atoms with Crippen molar-refractivity contribution in [3.63, 3.8) is 0 Å². The van der Waals surface area contributed by atoms with Gasteiger partial charge in [0.1, 0.15) is 10.6 Å². The zero-order chi connectivity index (χ0) is 26.3. The summed E-state index contributed by atoms with van der Waals surface area (Å²) < 4.78 is 64.7. The molecule has 0 fully saturated rings. The van der Waals surface area contributed by atoms with Crippen LogP contribution in [0.15, 0.2) is 41.3 Å². The van der Waals surface area contributed by atoms with Crippen LogP contribution in [0.3, 0.4) is 0 Å². The topological polar surface area (TPSA) is 133 Å². The molecule has 0 saturated heterocycles. The number of ether oxygens (including phenoxy) is 1. The van der Waals surface area contributed by atoms with Crippen LogP contribution in [0.25, 0.3) is 0 Å². The molecule has 0 atom stereocenters. The van der Waals surface area contributed by atoms with Gasteiger partial charge in [0.05, 0.1) is 18.4 Å². The van der Waals surface area contributed by atoms with E-state index < -0.39 is 28.1 Å². The maximum Gasteiger partial charge on any atom is 0.490 e. The van der Waals surface area contributed by atoms with E-state index in [1.165, 1.54) is 37.4 Å². The van der Waals surface area contributed by atoms with Crippen molar-refractivity contribution in [2.45, 2.75) is 24.9 Å². The number of carboxylic acids is 2. The van der Waals surface area contributed by atoms with E-state index in [2.05, 4.69) is 4.72 Å². The lowest BCUT2D eigenvalue weighted by molar-refractivity contribution is -0.192. The second kappa shape index (κ2) is 11.8. The van der Waals surface area contributed by atoms with Gasteiger partial charge >= 0.3 is 18.1 Å². The van der Waals surface area contributed by atoms with Gasteiger partial charge in [0.25, 0.3) is 10.0 Å². The van der Waals surface area contributed by atoms with Crippen LogP contribution in [-0.4, -0.2) is 56.9 Å². The van der Waals surface area contributed by atoms with Gasteiger partial charge in [0, 0.05) is 23.8 Å². The second-order valence-corrected chi connectivity index (χ2v) is 8.50. The number of benzene rings is 2. The first-order valence-corrected chi connectivity index (χ1v) is 11.3. The Hall–Kier alpha value is -3.19. The minimum absolute atomic E-state index is 0.0111. The summed E-state index contributed by atoms with van der Waals surface area (Å²) in [7, 11) is -2.68. The lowest BCUT2D eigenvalue weighted by Gasteiger charge is -2.23. The molecular formula is C20H22ClF3N2O7S. The van der Waals surface area contributed by atoms with Crippen molar-refractivity contribution >= 4 is 44.9 Å². The minimum atomic E-state index is -5.08. The molecule has 0 heterocycles. The molecule has 2 aromatic rings. The molecule has 0 aliphatic carbocycles. The number of nitrogens with one attached hydrogen (secondary N) is 1. The first kappa shape index (κ1) is 28.8. The third kappa shape index (κ3) is 7.70. The maximum atomic E-state index is 12.7. The molecular weight excluding hydrogens is 505 g/mol. The van der Waals surface area contributed by atoms with E-state index in [9.17, 15) is 31.5 Å². The molecule has 0 aliphatic rings. The zero-order valence-corrected chi connectivity index (χ0v) is 19.8. The van der Waals surface area contributed by atoms with E-state index >= 15 is 0 Å². The average Bonchev–Trinajstić information content (AvgIpc) is 2.74. The number of carboxylic acid groups (broad SMARTS) is 2. The molecule has 0 unspecified atom stereocenters. The van der Waals surface area contributed by atoms with Crippen LogP contribution in [0.1, 0.15) is 24.2 Å². The molecule has 9 nitrogen and oxygen atoms in total. The van der Waals surface area contributed by atoms with Crippen LogP contribution in [0.4, 0.5) is 24.5 Å². The fraction of sp³-hybridized carbons (Fsp3) is 0.300. The van der Waals surface area contributed by atoms with Gasteiger partial charge in [-0.25, -0.2) is 18.0 Å². The molecule has 0 saturated carbocycles. The molecule has 0 amide bonds. The fourth-order valence-corrected chi connectivity index (χ4v) is 4.16. The fourth-order valence-electron chi connectivity index (χ4n) is 2.68. The standard InChI is InChI=1S/C18H21ClN2O5S.C2HF3O2/c1-4-21(5-2)15-8-7-13(11-14(15)18(22)23)20-27(24,25)17-10-12(19)6-9-16(17)26-3;3-2(4,5)1(6)7/h6-11,20H,4-5H2,1-3H3,(H,22,23);(H,6,7). The molecule has 0 spiro atoms. The number of methoxy groups -OCH3 is 1. The molecule has 0 aromatic heterocycles. The van der Waals surface area contributed by atoms with Crippen molar-refractivity contribution in [1.29, 1.82) is 0 Å². The van der Waals surface area contributed by atoms with E-state index in [-0.39, 0.29) is 26.9 Å². The molecule has 3 N–H and O–H groups in total. The zero-order valence-electron chi connectivity index (χ0n) is 18.2. The van der Waals surface area contributed by atoms with Crippen molar-refractivity contribution in [3.8, 4) is 5.75 Å². The van der Waals surface area contributed by atoms with Gasteiger partial charge in [-0.1, -0.05) is 11.6 Å². The number of aromatic carboxylic acids is 1. The number of rotatable bonds is 8. The van der Waals surface area contributed by atoms with E-state index in [0.717, 1.165) is 0 Å². The highest BCUT2D eigenvalue weighted by Crippen LogP contribution is 2.30. The highest BCUT2D eigenvalue weighted by molar-refractivity contribution is 7.92. The number of carbonyl (C=O) groups is 2. The van der Waals surface area contributed by atoms with Crippen LogP contribution in [0.5, 0.6) is 5.75 Å². The van der Waals surface area contributed by atoms with Crippen LogP contribution in [0, 0.1) is 0 Å². The summed E-state index contributed by atoms with van der Waals surface area (Å²) >= 11 is 5.91. The van der Waals surface area contributed by atoms with Crippen molar-refractivity contribution in [2.24, 2.45) is 0 Å². The van der Waals surface area contributed by atoms with Crippen LogP contribution in [0.2, 0.25) is 5.02 Å². The third-order valence-corrected chi connectivity index (χ3v) is 5.88. The van der Waals surface area contributed by atoms with Gasteiger partial charge in [0.15, 0.2) is 0 Å². The van der Waals surface area contributed by atoms with Crippen molar-refractivity contribution < 1.29 is 46.1 Å². The highest BCUT2D eigenvalue weighted by Gasteiger charge is 2.38. The lowest BCUT2D eigenvalue weighted by Crippen LogP contribution is -2.24. The summed E-state index contributed by atoms with van der Waals surface area (Å²) in [6, 6.07) is 8.64. The summed E-state index contributed by atoms with van der Waals surface area (Å²) in [6.07, 6.45) is -5.08. The molecule has 2 aromatic carbocycles. The molecule has 188 valence electrons. The molecule has 14 heteroatoms. The number of nitrogens with zero attached hydrogens (tertiary/aromatic N) is 1. The van der Waals surface area contributed by atoms with Crippen LogP contribution < -0.4 is 14.4 Å². The van der Waals surface area contributed by atoms with Crippen molar-refractivity contribution in [1.82, 2.24) is 0 Å². The Bertz CT molecular complexity index is 1140. The monoisotopic (exact) mass is 526 g/mol. The first-order valence-electron chi connectivity index (χ1n) is 9.46. The molecule has 0 radical (unpaired) electrons. The summed E-state index contributed by atoms with van der Waals surface area (Å²) in [6.45, 7) is 5.08. The Labute approximate surface area is 198 Å². The number of hydrogen-bond donors (Lipinski definition) is 3. The predicted molar refractivity (Wildman–Crippen MR) is 119 cm³/mol. The number of aliphatic carboxylic acids is 1. The summed E-state index contributed by atoms with van der Waals surface area (Å²) in [5.74, 6) is -3.77. The van der Waals surface area contributed by atoms with Gasteiger partial charge in [-0.3, -0.25) is 4.72 Å². The Morgan fingerprint density at radius 3 is 2.09 bits per heavy atom. The summed E-state index contributed by atoms with van der Waals surface area (Å²) in [4.78, 5) is 22.3. The van der Waals surface area contributed by atoms with E-state index in [1.54, 1.807) is 6.07 Å². The minimum Gasteiger partial charge on any atom is -0.495 e. The number of halogens is 4. The first-order chi connectivity index (χ1) is 15.7. The maximum absolute atomic E-state index is 12.7. The number of alkyl halides is 3. The van der Waals surface area contributed by atoms with Gasteiger partial charge in [0.2, 0.25) is 0 Å². The third-order valence-electron chi connectivity index (χ3n) is 4.24. The van der Waals surface area contributed by atoms with Gasteiger partial charge in [-0.15, -0.1) is 0 Å². The van der Waals surface area contributed by atoms with E-state index in [1.807, 2.05) is 18.7 Å². The van der Waals surface area contributed by atoms with Gasteiger partial charge in [-0.2, -0.15) is 13.2 Å². The van der Waals surface area contributed by atoms with Crippen molar-refractivity contribution in [3.05, 3.63) is 47.0 Å². The normalized spacial score (nSPS) is 11.1. The highest BCUT2D eigenvalue weighted by atomic mass is 35.5. The Kier molecular flexibility index (Phi) is 10.0. The van der Waals surface area contributed by atoms with E-state index in [4.69, 9.17) is 26.2 Å². The summed E-state index contributed by atoms with van der Waals surface area (Å²) in [5.41, 5.74) is 0.665. The Morgan fingerprint density at radius 2 is 1.65 bits per heavy atom. The largest absolute Gasteiger partial charge is 0.495 e. The van der Waals surface area contributed by atoms with Crippen LogP contribution in [-0.2, 0) is 14.8 Å². The molecule has 2 rings (SSSR count).